The van der Waals surface area contributed by atoms with Gasteiger partial charge in [0, 0.05) is 4.90 Å². The topological polar surface area (TPSA) is 26.3 Å². The Morgan fingerprint density at radius 2 is 1.88 bits per heavy atom. The summed E-state index contributed by atoms with van der Waals surface area (Å²) < 4.78 is 4.66. The summed E-state index contributed by atoms with van der Waals surface area (Å²) in [6.45, 7) is 0. The van der Waals surface area contributed by atoms with Crippen LogP contribution >= 0.6 is 11.8 Å². The zero-order valence-corrected chi connectivity index (χ0v) is 10.7. The minimum absolute atomic E-state index is 0.204. The first-order chi connectivity index (χ1) is 8.22. The van der Waals surface area contributed by atoms with Crippen LogP contribution in [0, 0.1) is 0 Å². The molecule has 0 aliphatic carbocycles. The van der Waals surface area contributed by atoms with Gasteiger partial charge >= 0.3 is 5.97 Å². The SMILES string of the molecule is COC(=O)Cc1ccc2cc(SC)ccc2c1. The van der Waals surface area contributed by atoms with Crippen LogP contribution in [-0.2, 0) is 16.0 Å². The summed E-state index contributed by atoms with van der Waals surface area (Å²) >= 11 is 1.73. The molecular weight excluding hydrogens is 232 g/mol. The van der Waals surface area contributed by atoms with E-state index in [9.17, 15) is 4.79 Å². The van der Waals surface area contributed by atoms with Crippen molar-refractivity contribution in [2.75, 3.05) is 13.4 Å². The molecule has 0 fully saturated rings. The summed E-state index contributed by atoms with van der Waals surface area (Å²) in [6.07, 6.45) is 2.39. The molecule has 0 aliphatic heterocycles. The fourth-order valence-corrected chi connectivity index (χ4v) is 2.20. The standard InChI is InChI=1S/C14H14O2S/c1-16-14(15)8-10-3-4-12-9-13(17-2)6-5-11(12)7-10/h3-7,9H,8H2,1-2H3. The summed E-state index contributed by atoms with van der Waals surface area (Å²) in [5.74, 6) is -0.204. The fraction of sp³-hybridized carbons (Fsp3) is 0.214. The van der Waals surface area contributed by atoms with Gasteiger partial charge in [-0.2, -0.15) is 0 Å². The summed E-state index contributed by atoms with van der Waals surface area (Å²) in [6, 6.07) is 12.4. The number of benzene rings is 2. The third-order valence-electron chi connectivity index (χ3n) is 2.69. The highest BCUT2D eigenvalue weighted by Crippen LogP contribution is 2.23. The van der Waals surface area contributed by atoms with Gasteiger partial charge in [-0.25, -0.2) is 0 Å². The number of hydrogen-bond donors (Lipinski definition) is 0. The van der Waals surface area contributed by atoms with Crippen molar-refractivity contribution in [1.29, 1.82) is 0 Å². The van der Waals surface area contributed by atoms with Crippen LogP contribution in [-0.4, -0.2) is 19.3 Å². The zero-order chi connectivity index (χ0) is 12.3. The molecule has 0 atom stereocenters. The largest absolute Gasteiger partial charge is 0.469 e. The predicted molar refractivity (Wildman–Crippen MR) is 71.4 cm³/mol. The molecule has 0 unspecified atom stereocenters. The molecule has 0 aromatic heterocycles. The minimum Gasteiger partial charge on any atom is -0.469 e. The van der Waals surface area contributed by atoms with E-state index in [0.29, 0.717) is 6.42 Å². The third-order valence-corrected chi connectivity index (χ3v) is 3.41. The smallest absolute Gasteiger partial charge is 0.309 e. The Hall–Kier alpha value is -1.48. The lowest BCUT2D eigenvalue weighted by molar-refractivity contribution is -0.139. The number of carbonyl (C=O) groups is 1. The Morgan fingerprint density at radius 3 is 2.59 bits per heavy atom. The molecule has 0 saturated heterocycles. The highest BCUT2D eigenvalue weighted by Gasteiger charge is 2.04. The molecule has 2 aromatic carbocycles. The number of rotatable bonds is 3. The zero-order valence-electron chi connectivity index (χ0n) is 9.90. The number of thioether (sulfide) groups is 1. The van der Waals surface area contributed by atoms with Crippen LogP contribution in [0.25, 0.3) is 10.8 Å². The lowest BCUT2D eigenvalue weighted by Crippen LogP contribution is -2.04. The monoisotopic (exact) mass is 246 g/mol. The van der Waals surface area contributed by atoms with Crippen LogP contribution < -0.4 is 0 Å². The molecule has 3 heteroatoms. The molecule has 0 aliphatic rings. The van der Waals surface area contributed by atoms with Crippen LogP contribution in [0.3, 0.4) is 0 Å². The van der Waals surface area contributed by atoms with Crippen molar-refractivity contribution in [1.82, 2.24) is 0 Å². The lowest BCUT2D eigenvalue weighted by atomic mass is 10.1. The summed E-state index contributed by atoms with van der Waals surface area (Å²) in [5, 5.41) is 2.36. The van der Waals surface area contributed by atoms with Gasteiger partial charge in [-0.3, -0.25) is 4.79 Å². The number of methoxy groups -OCH3 is 1. The van der Waals surface area contributed by atoms with Crippen molar-refractivity contribution >= 4 is 28.5 Å². The molecule has 17 heavy (non-hydrogen) atoms. The highest BCUT2D eigenvalue weighted by molar-refractivity contribution is 7.98. The first kappa shape index (κ1) is 12.0. The van der Waals surface area contributed by atoms with Crippen molar-refractivity contribution < 1.29 is 9.53 Å². The number of hydrogen-bond acceptors (Lipinski definition) is 3. The number of esters is 1. The van der Waals surface area contributed by atoms with Crippen molar-refractivity contribution in [3.63, 3.8) is 0 Å². The average Bonchev–Trinajstić information content (AvgIpc) is 2.38. The van der Waals surface area contributed by atoms with Gasteiger partial charge < -0.3 is 4.74 Å². The lowest BCUT2D eigenvalue weighted by Gasteiger charge is -2.04. The quantitative estimate of drug-likeness (QED) is 0.614. The average molecular weight is 246 g/mol. The van der Waals surface area contributed by atoms with E-state index >= 15 is 0 Å². The molecule has 2 rings (SSSR count). The fourth-order valence-electron chi connectivity index (χ4n) is 1.75. The molecule has 0 bridgehead atoms. The van der Waals surface area contributed by atoms with Crippen LogP contribution in [0.15, 0.2) is 41.3 Å². The Morgan fingerprint density at radius 1 is 1.18 bits per heavy atom. The van der Waals surface area contributed by atoms with Crippen LogP contribution in [0.5, 0.6) is 0 Å². The second kappa shape index (κ2) is 5.23. The first-order valence-corrected chi connectivity index (χ1v) is 6.59. The van der Waals surface area contributed by atoms with E-state index in [2.05, 4.69) is 29.2 Å². The Labute approximate surface area is 105 Å². The van der Waals surface area contributed by atoms with E-state index in [0.717, 1.165) is 10.9 Å². The van der Waals surface area contributed by atoms with Crippen molar-refractivity contribution in [2.24, 2.45) is 0 Å². The van der Waals surface area contributed by atoms with Gasteiger partial charge in [0.25, 0.3) is 0 Å². The van der Waals surface area contributed by atoms with E-state index in [-0.39, 0.29) is 5.97 Å². The predicted octanol–water partition coefficient (Wildman–Crippen LogP) is 3.28. The number of carbonyl (C=O) groups excluding carboxylic acids is 1. The van der Waals surface area contributed by atoms with Gasteiger partial charge in [0.05, 0.1) is 13.5 Å². The molecular formula is C14H14O2S. The summed E-state index contributed by atoms with van der Waals surface area (Å²) in [4.78, 5) is 12.4. The first-order valence-electron chi connectivity index (χ1n) is 5.36. The number of ether oxygens (including phenoxy) is 1. The second-order valence-electron chi connectivity index (χ2n) is 3.80. The highest BCUT2D eigenvalue weighted by atomic mass is 32.2. The minimum atomic E-state index is -0.204. The van der Waals surface area contributed by atoms with Crippen LogP contribution in [0.4, 0.5) is 0 Å². The van der Waals surface area contributed by atoms with E-state index in [1.807, 2.05) is 18.2 Å². The second-order valence-corrected chi connectivity index (χ2v) is 4.68. The Bertz CT molecular complexity index is 549. The molecule has 0 saturated carbocycles. The normalized spacial score (nSPS) is 10.5. The molecule has 0 N–H and O–H groups in total. The Kier molecular flexibility index (Phi) is 3.69. The maximum absolute atomic E-state index is 11.2. The van der Waals surface area contributed by atoms with E-state index in [1.54, 1.807) is 11.8 Å². The maximum atomic E-state index is 11.2. The van der Waals surface area contributed by atoms with Crippen LogP contribution in [0.2, 0.25) is 0 Å². The maximum Gasteiger partial charge on any atom is 0.309 e. The molecule has 0 heterocycles. The third kappa shape index (κ3) is 2.80. The van der Waals surface area contributed by atoms with Crippen molar-refractivity contribution in [3.8, 4) is 0 Å². The van der Waals surface area contributed by atoms with Crippen LogP contribution in [0.1, 0.15) is 5.56 Å². The van der Waals surface area contributed by atoms with Gasteiger partial charge in [-0.1, -0.05) is 24.3 Å². The van der Waals surface area contributed by atoms with E-state index < -0.39 is 0 Å². The molecule has 0 amide bonds. The summed E-state index contributed by atoms with van der Waals surface area (Å²) in [5.41, 5.74) is 0.987. The van der Waals surface area contributed by atoms with Gasteiger partial charge in [0.1, 0.15) is 0 Å². The molecule has 2 aromatic rings. The van der Waals surface area contributed by atoms with Gasteiger partial charge in [-0.15, -0.1) is 11.8 Å². The molecule has 2 nitrogen and oxygen atoms in total. The van der Waals surface area contributed by atoms with E-state index in [4.69, 9.17) is 0 Å². The van der Waals surface area contributed by atoms with Gasteiger partial charge in [0.15, 0.2) is 0 Å². The molecule has 88 valence electrons. The summed E-state index contributed by atoms with van der Waals surface area (Å²) in [7, 11) is 1.41. The van der Waals surface area contributed by atoms with Crippen molar-refractivity contribution in [3.05, 3.63) is 42.0 Å². The Balaban J connectivity index is 2.34. The number of fused-ring (bicyclic) bond motifs is 1. The van der Waals surface area contributed by atoms with Gasteiger partial charge in [0.2, 0.25) is 0 Å². The van der Waals surface area contributed by atoms with E-state index in [1.165, 1.54) is 17.4 Å². The van der Waals surface area contributed by atoms with Gasteiger partial charge in [-0.05, 0) is 34.7 Å². The van der Waals surface area contributed by atoms with Crippen molar-refractivity contribution in [2.45, 2.75) is 11.3 Å². The molecule has 0 radical (unpaired) electrons. The molecule has 0 spiro atoms.